The van der Waals surface area contributed by atoms with Crippen LogP contribution in [0.15, 0.2) is 30.6 Å². The van der Waals surface area contributed by atoms with Crippen molar-refractivity contribution in [2.24, 2.45) is 0 Å². The van der Waals surface area contributed by atoms with Crippen molar-refractivity contribution in [3.63, 3.8) is 0 Å². The minimum atomic E-state index is -0.632. The monoisotopic (exact) mass is 306 g/mol. The number of hydrogen-bond acceptors (Lipinski definition) is 5. The highest BCUT2D eigenvalue weighted by atomic mass is 35.5. The number of rotatable bonds is 4. The van der Waals surface area contributed by atoms with Crippen LogP contribution in [0.1, 0.15) is 21.7 Å². The van der Waals surface area contributed by atoms with E-state index < -0.39 is 10.8 Å². The molecule has 0 atom stereocenters. The molecule has 0 bridgehead atoms. The standard InChI is InChI=1S/C13H11ClN4O3/c1-8-4-10(17-7-16-8)6-15-13(19)9-2-3-11(14)12(5-9)18(20)21/h2-5,7H,6H2,1H3,(H,15,19). The van der Waals surface area contributed by atoms with Crippen molar-refractivity contribution in [3.8, 4) is 0 Å². The van der Waals surface area contributed by atoms with Gasteiger partial charge in [0, 0.05) is 17.3 Å². The summed E-state index contributed by atoms with van der Waals surface area (Å²) in [6.45, 7) is 2.02. The van der Waals surface area contributed by atoms with Gasteiger partial charge in [-0.15, -0.1) is 0 Å². The van der Waals surface area contributed by atoms with Gasteiger partial charge >= 0.3 is 0 Å². The van der Waals surface area contributed by atoms with Gasteiger partial charge in [-0.25, -0.2) is 9.97 Å². The molecule has 2 rings (SSSR count). The Labute approximate surface area is 125 Å². The number of amides is 1. The summed E-state index contributed by atoms with van der Waals surface area (Å²) in [5.41, 5.74) is 1.30. The largest absolute Gasteiger partial charge is 0.346 e. The van der Waals surface area contributed by atoms with Crippen LogP contribution in [0.5, 0.6) is 0 Å². The number of carbonyl (C=O) groups is 1. The fraction of sp³-hybridized carbons (Fsp3) is 0.154. The zero-order valence-electron chi connectivity index (χ0n) is 11.0. The first-order valence-electron chi connectivity index (χ1n) is 5.97. The van der Waals surface area contributed by atoms with Crippen LogP contribution in [-0.2, 0) is 6.54 Å². The van der Waals surface area contributed by atoms with Crippen LogP contribution in [0.25, 0.3) is 0 Å². The summed E-state index contributed by atoms with van der Waals surface area (Å²) in [4.78, 5) is 30.1. The summed E-state index contributed by atoms with van der Waals surface area (Å²) in [7, 11) is 0. The maximum absolute atomic E-state index is 12.0. The number of benzene rings is 1. The molecule has 0 aliphatic heterocycles. The van der Waals surface area contributed by atoms with Gasteiger partial charge in [0.25, 0.3) is 11.6 Å². The van der Waals surface area contributed by atoms with Gasteiger partial charge < -0.3 is 5.32 Å². The zero-order chi connectivity index (χ0) is 15.4. The summed E-state index contributed by atoms with van der Waals surface area (Å²) in [5.74, 6) is -0.439. The molecule has 1 amide bonds. The van der Waals surface area contributed by atoms with Gasteiger partial charge in [0.05, 0.1) is 17.2 Å². The van der Waals surface area contributed by atoms with E-state index in [9.17, 15) is 14.9 Å². The third-order valence-electron chi connectivity index (χ3n) is 2.70. The Hall–Kier alpha value is -2.54. The minimum absolute atomic E-state index is 0.0111. The first-order chi connectivity index (χ1) is 9.97. The van der Waals surface area contributed by atoms with Crippen molar-refractivity contribution in [2.45, 2.75) is 13.5 Å². The number of hydrogen-bond donors (Lipinski definition) is 1. The van der Waals surface area contributed by atoms with Gasteiger partial charge in [-0.2, -0.15) is 0 Å². The van der Waals surface area contributed by atoms with E-state index >= 15 is 0 Å². The summed E-state index contributed by atoms with van der Waals surface area (Å²) in [6, 6.07) is 5.63. The molecule has 0 saturated heterocycles. The van der Waals surface area contributed by atoms with Crippen LogP contribution >= 0.6 is 11.6 Å². The number of aromatic nitrogens is 2. The zero-order valence-corrected chi connectivity index (χ0v) is 11.8. The van der Waals surface area contributed by atoms with Crippen LogP contribution in [0.3, 0.4) is 0 Å². The lowest BCUT2D eigenvalue weighted by Gasteiger charge is -2.05. The van der Waals surface area contributed by atoms with E-state index in [1.54, 1.807) is 6.07 Å². The Bertz CT molecular complexity index is 706. The number of aryl methyl sites for hydroxylation is 1. The highest BCUT2D eigenvalue weighted by Gasteiger charge is 2.16. The average molecular weight is 307 g/mol. The Balaban J connectivity index is 2.10. The van der Waals surface area contributed by atoms with E-state index in [1.165, 1.54) is 18.5 Å². The lowest BCUT2D eigenvalue weighted by molar-refractivity contribution is -0.384. The average Bonchev–Trinajstić information content (AvgIpc) is 2.45. The number of carbonyl (C=O) groups excluding carboxylic acids is 1. The molecule has 1 heterocycles. The van der Waals surface area contributed by atoms with Gasteiger partial charge in [-0.1, -0.05) is 11.6 Å². The summed E-state index contributed by atoms with van der Waals surface area (Å²) in [6.07, 6.45) is 1.41. The van der Waals surface area contributed by atoms with Crippen LogP contribution < -0.4 is 5.32 Å². The topological polar surface area (TPSA) is 98.0 Å². The predicted octanol–water partition coefficient (Wildman–Crippen LogP) is 2.28. The Morgan fingerprint density at radius 1 is 1.38 bits per heavy atom. The van der Waals surface area contributed by atoms with Crippen LogP contribution in [-0.4, -0.2) is 20.8 Å². The van der Waals surface area contributed by atoms with Crippen molar-refractivity contribution < 1.29 is 9.72 Å². The molecule has 108 valence electrons. The van der Waals surface area contributed by atoms with Gasteiger partial charge in [0.15, 0.2) is 0 Å². The number of nitro groups is 1. The van der Waals surface area contributed by atoms with Crippen LogP contribution in [0.2, 0.25) is 5.02 Å². The van der Waals surface area contributed by atoms with E-state index in [4.69, 9.17) is 11.6 Å². The second kappa shape index (κ2) is 6.27. The molecule has 0 radical (unpaired) electrons. The summed E-state index contributed by atoms with van der Waals surface area (Å²) >= 11 is 5.70. The molecule has 8 heteroatoms. The molecule has 0 unspecified atom stereocenters. The van der Waals surface area contributed by atoms with E-state index in [0.29, 0.717) is 5.69 Å². The molecular weight excluding hydrogens is 296 g/mol. The molecule has 7 nitrogen and oxygen atoms in total. The molecule has 0 aliphatic rings. The maximum Gasteiger partial charge on any atom is 0.288 e. The fourth-order valence-electron chi connectivity index (χ4n) is 1.67. The number of halogens is 1. The molecule has 0 fully saturated rings. The summed E-state index contributed by atoms with van der Waals surface area (Å²) < 4.78 is 0. The summed E-state index contributed by atoms with van der Waals surface area (Å²) in [5, 5.41) is 13.4. The first-order valence-corrected chi connectivity index (χ1v) is 6.35. The highest BCUT2D eigenvalue weighted by Crippen LogP contribution is 2.24. The Morgan fingerprint density at radius 3 is 2.81 bits per heavy atom. The van der Waals surface area contributed by atoms with Crippen molar-refractivity contribution >= 4 is 23.2 Å². The predicted molar refractivity (Wildman–Crippen MR) is 76.0 cm³/mol. The Morgan fingerprint density at radius 2 is 2.14 bits per heavy atom. The van der Waals surface area contributed by atoms with Gasteiger partial charge in [-0.05, 0) is 25.1 Å². The van der Waals surface area contributed by atoms with Crippen LogP contribution in [0, 0.1) is 17.0 Å². The molecule has 1 aromatic carbocycles. The SMILES string of the molecule is Cc1cc(CNC(=O)c2ccc(Cl)c([N+](=O)[O-])c2)ncn1. The normalized spacial score (nSPS) is 10.2. The molecule has 0 aliphatic carbocycles. The van der Waals surface area contributed by atoms with E-state index in [2.05, 4.69) is 15.3 Å². The third kappa shape index (κ3) is 3.73. The number of nitro benzene ring substituents is 1. The maximum atomic E-state index is 12.0. The molecule has 1 N–H and O–H groups in total. The minimum Gasteiger partial charge on any atom is -0.346 e. The van der Waals surface area contributed by atoms with E-state index in [0.717, 1.165) is 11.8 Å². The molecule has 2 aromatic rings. The lowest BCUT2D eigenvalue weighted by atomic mass is 10.2. The highest BCUT2D eigenvalue weighted by molar-refractivity contribution is 6.32. The smallest absolute Gasteiger partial charge is 0.288 e. The van der Waals surface area contributed by atoms with Crippen molar-refractivity contribution in [3.05, 3.63) is 62.7 Å². The number of nitrogens with zero attached hydrogens (tertiary/aromatic N) is 3. The Kier molecular flexibility index (Phi) is 4.44. The molecule has 1 aromatic heterocycles. The van der Waals surface area contributed by atoms with Gasteiger partial charge in [-0.3, -0.25) is 14.9 Å². The quantitative estimate of drug-likeness (QED) is 0.690. The first kappa shape index (κ1) is 14.9. The van der Waals surface area contributed by atoms with Gasteiger partial charge in [0.2, 0.25) is 0 Å². The lowest BCUT2D eigenvalue weighted by Crippen LogP contribution is -2.23. The molecule has 21 heavy (non-hydrogen) atoms. The van der Waals surface area contributed by atoms with Crippen molar-refractivity contribution in [2.75, 3.05) is 0 Å². The van der Waals surface area contributed by atoms with Gasteiger partial charge in [0.1, 0.15) is 11.3 Å². The van der Waals surface area contributed by atoms with E-state index in [-0.39, 0.29) is 22.8 Å². The van der Waals surface area contributed by atoms with E-state index in [1.807, 2.05) is 6.92 Å². The molecular formula is C13H11ClN4O3. The van der Waals surface area contributed by atoms with Crippen molar-refractivity contribution in [1.82, 2.24) is 15.3 Å². The third-order valence-corrected chi connectivity index (χ3v) is 3.02. The second-order valence-electron chi connectivity index (χ2n) is 4.26. The fourth-order valence-corrected chi connectivity index (χ4v) is 1.86. The van der Waals surface area contributed by atoms with Crippen LogP contribution in [0.4, 0.5) is 5.69 Å². The number of nitrogens with one attached hydrogen (secondary N) is 1. The second-order valence-corrected chi connectivity index (χ2v) is 4.66. The molecule has 0 spiro atoms. The van der Waals surface area contributed by atoms with Crippen molar-refractivity contribution in [1.29, 1.82) is 0 Å². The molecule has 0 saturated carbocycles.